The van der Waals surface area contributed by atoms with E-state index in [9.17, 15) is 4.39 Å². The molecule has 0 atom stereocenters. The van der Waals surface area contributed by atoms with Crippen LogP contribution in [0.15, 0.2) is 84.9 Å². The van der Waals surface area contributed by atoms with Gasteiger partial charge < -0.3 is 0 Å². The van der Waals surface area contributed by atoms with Gasteiger partial charge in [0, 0.05) is 15.8 Å². The minimum absolute atomic E-state index is 0.150. The van der Waals surface area contributed by atoms with E-state index in [1.807, 2.05) is 54.6 Å². The topological polar surface area (TPSA) is 0 Å². The van der Waals surface area contributed by atoms with Crippen LogP contribution >= 0.6 is 11.6 Å². The smallest absolute Gasteiger partial charge is 0.131 e. The van der Waals surface area contributed by atoms with E-state index in [0.29, 0.717) is 5.39 Å². The molecule has 0 N–H and O–H groups in total. The Morgan fingerprint density at radius 3 is 1.68 bits per heavy atom. The van der Waals surface area contributed by atoms with E-state index in [1.54, 1.807) is 12.1 Å². The summed E-state index contributed by atoms with van der Waals surface area (Å²) in [5.41, 5.74) is 0. The van der Waals surface area contributed by atoms with Gasteiger partial charge in [-0.2, -0.15) is 0 Å². The van der Waals surface area contributed by atoms with Crippen molar-refractivity contribution in [3.05, 3.63) is 95.8 Å². The maximum atomic E-state index is 13.0. The summed E-state index contributed by atoms with van der Waals surface area (Å²) in [6.45, 7) is 0. The summed E-state index contributed by atoms with van der Waals surface area (Å²) in [5, 5.41) is 4.78. The molecular formula is C20H14ClF. The molecule has 2 heteroatoms. The average molecular weight is 309 g/mol. The van der Waals surface area contributed by atoms with Crippen molar-refractivity contribution in [2.24, 2.45) is 0 Å². The highest BCUT2D eigenvalue weighted by atomic mass is 35.5. The van der Waals surface area contributed by atoms with Crippen LogP contribution in [0.4, 0.5) is 4.39 Å². The second kappa shape index (κ2) is 6.59. The Bertz CT molecular complexity index is 827. The minimum atomic E-state index is -0.150. The number of benzene rings is 4. The quantitative estimate of drug-likeness (QED) is 0.349. The Hall–Kier alpha value is -2.38. The Balaban J connectivity index is 0.000000131. The lowest BCUT2D eigenvalue weighted by Crippen LogP contribution is -1.76. The summed E-state index contributed by atoms with van der Waals surface area (Å²) >= 11 is 5.96. The number of halogens is 2. The Kier molecular flexibility index (Phi) is 4.36. The van der Waals surface area contributed by atoms with Gasteiger partial charge in [-0.05, 0) is 22.9 Å². The molecule has 0 unspecified atom stereocenters. The van der Waals surface area contributed by atoms with Crippen molar-refractivity contribution in [3.8, 4) is 0 Å². The molecule has 22 heavy (non-hydrogen) atoms. The first kappa shape index (κ1) is 14.6. The van der Waals surface area contributed by atoms with Crippen LogP contribution in [0.5, 0.6) is 0 Å². The van der Waals surface area contributed by atoms with Gasteiger partial charge in [0.2, 0.25) is 0 Å². The van der Waals surface area contributed by atoms with Gasteiger partial charge in [-0.1, -0.05) is 84.4 Å². The van der Waals surface area contributed by atoms with Gasteiger partial charge in [-0.3, -0.25) is 0 Å². The standard InChI is InChI=1S/C10H7Cl.C10H7F/c2*11-10-7-3-5-8-4-1-2-6-9(8)10/h2*1-7H. The summed E-state index contributed by atoms with van der Waals surface area (Å²) in [5.74, 6) is -0.150. The highest BCUT2D eigenvalue weighted by molar-refractivity contribution is 6.35. The van der Waals surface area contributed by atoms with Crippen molar-refractivity contribution < 1.29 is 4.39 Å². The Morgan fingerprint density at radius 1 is 0.545 bits per heavy atom. The number of rotatable bonds is 0. The molecule has 0 aliphatic carbocycles. The summed E-state index contributed by atoms with van der Waals surface area (Å²) in [7, 11) is 0. The fourth-order valence-electron chi connectivity index (χ4n) is 2.37. The SMILES string of the molecule is Clc1cccc2ccccc12.Fc1cccc2ccccc12. The second-order valence-corrected chi connectivity index (χ2v) is 5.33. The largest absolute Gasteiger partial charge is 0.206 e. The van der Waals surface area contributed by atoms with E-state index in [4.69, 9.17) is 11.6 Å². The van der Waals surface area contributed by atoms with Gasteiger partial charge in [0.1, 0.15) is 5.82 Å². The van der Waals surface area contributed by atoms with Gasteiger partial charge in [0.05, 0.1) is 0 Å². The summed E-state index contributed by atoms with van der Waals surface area (Å²) < 4.78 is 13.0. The lowest BCUT2D eigenvalue weighted by atomic mass is 10.1. The highest BCUT2D eigenvalue weighted by Crippen LogP contribution is 2.22. The zero-order valence-corrected chi connectivity index (χ0v) is 12.6. The minimum Gasteiger partial charge on any atom is -0.206 e. The molecule has 0 saturated heterocycles. The average Bonchev–Trinajstić information content (AvgIpc) is 2.57. The highest BCUT2D eigenvalue weighted by Gasteiger charge is 1.96. The van der Waals surface area contributed by atoms with Crippen molar-refractivity contribution in [1.82, 2.24) is 0 Å². The van der Waals surface area contributed by atoms with Crippen molar-refractivity contribution in [3.63, 3.8) is 0 Å². The van der Waals surface area contributed by atoms with Crippen LogP contribution in [0.25, 0.3) is 21.5 Å². The summed E-state index contributed by atoms with van der Waals surface area (Å²) in [4.78, 5) is 0. The molecule has 0 saturated carbocycles. The molecule has 0 fully saturated rings. The van der Waals surface area contributed by atoms with Crippen molar-refractivity contribution in [2.75, 3.05) is 0 Å². The predicted molar refractivity (Wildman–Crippen MR) is 92.9 cm³/mol. The van der Waals surface area contributed by atoms with E-state index < -0.39 is 0 Å². The first-order valence-corrected chi connectivity index (χ1v) is 7.40. The van der Waals surface area contributed by atoms with Crippen molar-refractivity contribution in [1.29, 1.82) is 0 Å². The summed E-state index contributed by atoms with van der Waals surface area (Å²) in [6.07, 6.45) is 0. The molecule has 0 radical (unpaired) electrons. The molecule has 0 bridgehead atoms. The molecule has 0 aliphatic rings. The zero-order chi connectivity index (χ0) is 15.4. The molecular weight excluding hydrogens is 295 g/mol. The Morgan fingerprint density at radius 2 is 1.05 bits per heavy atom. The molecule has 4 rings (SSSR count). The van der Waals surface area contributed by atoms with Crippen LogP contribution in [0.3, 0.4) is 0 Å². The maximum absolute atomic E-state index is 13.0. The van der Waals surface area contributed by atoms with Crippen LogP contribution < -0.4 is 0 Å². The second-order valence-electron chi connectivity index (χ2n) is 4.92. The van der Waals surface area contributed by atoms with Gasteiger partial charge in [-0.25, -0.2) is 4.39 Å². The van der Waals surface area contributed by atoms with E-state index in [0.717, 1.165) is 15.8 Å². The third-order valence-corrected chi connectivity index (χ3v) is 3.80. The molecule has 0 spiro atoms. The van der Waals surface area contributed by atoms with E-state index >= 15 is 0 Å². The van der Waals surface area contributed by atoms with Crippen LogP contribution in [0.2, 0.25) is 5.02 Å². The normalized spacial score (nSPS) is 10.3. The molecule has 0 aromatic heterocycles. The van der Waals surface area contributed by atoms with E-state index in [-0.39, 0.29) is 5.82 Å². The zero-order valence-electron chi connectivity index (χ0n) is 11.8. The van der Waals surface area contributed by atoms with Crippen LogP contribution in [-0.2, 0) is 0 Å². The molecule has 4 aromatic carbocycles. The van der Waals surface area contributed by atoms with Gasteiger partial charge in [0.25, 0.3) is 0 Å². The predicted octanol–water partition coefficient (Wildman–Crippen LogP) is 6.47. The molecule has 108 valence electrons. The fraction of sp³-hybridized carbons (Fsp3) is 0. The van der Waals surface area contributed by atoms with Crippen LogP contribution in [0.1, 0.15) is 0 Å². The van der Waals surface area contributed by atoms with Gasteiger partial charge in [-0.15, -0.1) is 0 Å². The van der Waals surface area contributed by atoms with E-state index in [2.05, 4.69) is 12.1 Å². The lowest BCUT2D eigenvalue weighted by Gasteiger charge is -1.97. The molecule has 0 heterocycles. The molecule has 0 nitrogen and oxygen atoms in total. The number of hydrogen-bond donors (Lipinski definition) is 0. The van der Waals surface area contributed by atoms with Crippen molar-refractivity contribution in [2.45, 2.75) is 0 Å². The molecule has 0 amide bonds. The van der Waals surface area contributed by atoms with Gasteiger partial charge in [0.15, 0.2) is 0 Å². The molecule has 4 aromatic rings. The third kappa shape index (κ3) is 3.10. The number of hydrogen-bond acceptors (Lipinski definition) is 0. The fourth-order valence-corrected chi connectivity index (χ4v) is 2.62. The molecule has 0 aliphatic heterocycles. The van der Waals surface area contributed by atoms with Crippen molar-refractivity contribution >= 4 is 33.1 Å². The first-order chi connectivity index (χ1) is 10.8. The monoisotopic (exact) mass is 308 g/mol. The third-order valence-electron chi connectivity index (χ3n) is 3.47. The van der Waals surface area contributed by atoms with Crippen LogP contribution in [0, 0.1) is 5.82 Å². The first-order valence-electron chi connectivity index (χ1n) is 7.02. The maximum Gasteiger partial charge on any atom is 0.131 e. The Labute approximate surface area is 133 Å². The lowest BCUT2D eigenvalue weighted by molar-refractivity contribution is 0.640. The van der Waals surface area contributed by atoms with E-state index in [1.165, 1.54) is 11.5 Å². The number of fused-ring (bicyclic) bond motifs is 2. The van der Waals surface area contributed by atoms with Crippen LogP contribution in [-0.4, -0.2) is 0 Å². The van der Waals surface area contributed by atoms with Gasteiger partial charge >= 0.3 is 0 Å². The summed E-state index contributed by atoms with van der Waals surface area (Å²) in [6, 6.07) is 26.5.